The molecular formula is C55H43GeN3. The normalized spacial score (nSPS) is 16.9. The van der Waals surface area contributed by atoms with Gasteiger partial charge >= 0.3 is 351 Å². The van der Waals surface area contributed by atoms with Crippen LogP contribution in [0.1, 0.15) is 49.9 Å². The van der Waals surface area contributed by atoms with Crippen LogP contribution in [0.2, 0.25) is 5.76 Å². The maximum absolute atomic E-state index is 3.70. The first-order valence-electron chi connectivity index (χ1n) is 21.0. The molecule has 5 aliphatic rings. The molecule has 0 fully saturated rings. The molecule has 0 radical (unpaired) electrons. The summed E-state index contributed by atoms with van der Waals surface area (Å²) in [5, 5.41) is 0. The van der Waals surface area contributed by atoms with Crippen LogP contribution in [-0.2, 0) is 10.8 Å². The van der Waals surface area contributed by atoms with Crippen LogP contribution in [0.25, 0.3) is 22.3 Å². The van der Waals surface area contributed by atoms with Gasteiger partial charge in [0.15, 0.2) is 0 Å². The molecule has 3 heterocycles. The number of anilines is 9. The summed E-state index contributed by atoms with van der Waals surface area (Å²) in [6, 6.07) is 64.4. The first-order valence-corrected chi connectivity index (χ1v) is 26.3. The molecule has 0 spiro atoms. The van der Waals surface area contributed by atoms with Crippen molar-refractivity contribution < 1.29 is 0 Å². The van der Waals surface area contributed by atoms with Gasteiger partial charge in [0.25, 0.3) is 0 Å². The average molecular weight is 819 g/mol. The summed E-state index contributed by atoms with van der Waals surface area (Å²) in [6.45, 7) is 9.91. The number of nitrogens with zero attached hydrogens (tertiary/aromatic N) is 3. The quantitative estimate of drug-likeness (QED) is 0.164. The number of hydrogen-bond acceptors (Lipinski definition) is 3. The molecule has 0 N–H and O–H groups in total. The Balaban J connectivity index is 1.30. The Morgan fingerprint density at radius 3 is 1.15 bits per heavy atom. The molecule has 0 saturated heterocycles. The van der Waals surface area contributed by atoms with E-state index in [0.29, 0.717) is 0 Å². The molecule has 8 aromatic carbocycles. The molecule has 0 bridgehead atoms. The first kappa shape index (κ1) is 33.7. The summed E-state index contributed by atoms with van der Waals surface area (Å²) >= 11 is -3.70. The maximum atomic E-state index is 2.77. The zero-order chi connectivity index (χ0) is 39.6. The second-order valence-corrected chi connectivity index (χ2v) is 26.1. The van der Waals surface area contributed by atoms with Gasteiger partial charge in [0.05, 0.1) is 0 Å². The Bertz CT molecular complexity index is 2950. The molecule has 13 rings (SSSR count). The van der Waals surface area contributed by atoms with Gasteiger partial charge < -0.3 is 0 Å². The van der Waals surface area contributed by atoms with E-state index in [1.54, 1.807) is 8.79 Å². The molecule has 0 amide bonds. The number of benzene rings is 8. The van der Waals surface area contributed by atoms with Crippen LogP contribution >= 0.6 is 0 Å². The second-order valence-electron chi connectivity index (χ2n) is 18.2. The fraction of sp³-hybridized carbons (Fsp3) is 0.127. The third kappa shape index (κ3) is 3.96. The predicted molar refractivity (Wildman–Crippen MR) is 250 cm³/mol. The van der Waals surface area contributed by atoms with Crippen LogP contribution in [0.3, 0.4) is 0 Å². The standard InChI is InChI=1S/C55H43GeN3/c1-54(2)41-28-17-15-26-37(41)39-32-45-50-52(47(39)54)59(36-24-13-8-14-25-36)53-48-40(38-27-16-18-29-42(38)55(48,3)4)33-46-51(53)56(50,5)49-43(57(45)34-20-9-6-10-21-34)30-19-31-44(49)58(46)35-22-11-7-12-23-35/h6-33H,1-5H3. The molecule has 282 valence electrons. The van der Waals surface area contributed by atoms with E-state index in [4.69, 9.17) is 0 Å². The SMILES string of the molecule is CC1(C)c2ccccc2-c2cc3[c]4c(c21)N(c1ccccc1)c1c2c(cc5[c]1[Ge]4([CH3])[c]1c(cccc1N5c1ccccc1)N3c1ccccc1)-c1ccccc1C2(C)C. The number of para-hydroxylation sites is 3. The molecule has 3 aliphatic heterocycles. The van der Waals surface area contributed by atoms with E-state index in [9.17, 15) is 0 Å². The van der Waals surface area contributed by atoms with Crippen molar-refractivity contribution in [2.75, 3.05) is 14.7 Å². The molecule has 2 aliphatic carbocycles. The Morgan fingerprint density at radius 2 is 0.729 bits per heavy atom. The van der Waals surface area contributed by atoms with E-state index in [1.165, 1.54) is 100 Å². The topological polar surface area (TPSA) is 9.72 Å². The molecule has 59 heavy (non-hydrogen) atoms. The Labute approximate surface area is 349 Å². The molecule has 0 atom stereocenters. The van der Waals surface area contributed by atoms with Crippen molar-refractivity contribution in [2.24, 2.45) is 0 Å². The second kappa shape index (κ2) is 11.2. The first-order chi connectivity index (χ1) is 28.7. The van der Waals surface area contributed by atoms with Crippen LogP contribution in [-0.4, -0.2) is 13.3 Å². The van der Waals surface area contributed by atoms with Crippen molar-refractivity contribution in [3.8, 4) is 22.3 Å². The van der Waals surface area contributed by atoms with Crippen molar-refractivity contribution in [3.05, 3.63) is 192 Å². The molecule has 8 aromatic rings. The monoisotopic (exact) mass is 819 g/mol. The minimum atomic E-state index is -3.70. The van der Waals surface area contributed by atoms with Gasteiger partial charge in [-0.3, -0.25) is 0 Å². The Hall–Kier alpha value is -6.30. The number of rotatable bonds is 3. The fourth-order valence-corrected chi connectivity index (χ4v) is 22.7. The minimum absolute atomic E-state index is 0.235. The van der Waals surface area contributed by atoms with Gasteiger partial charge in [0.1, 0.15) is 0 Å². The summed E-state index contributed by atoms with van der Waals surface area (Å²) in [5.41, 5.74) is 22.3. The Kier molecular flexibility index (Phi) is 6.42. The zero-order valence-electron chi connectivity index (χ0n) is 34.0. The van der Waals surface area contributed by atoms with E-state index in [2.05, 4.69) is 218 Å². The number of hydrogen-bond donors (Lipinski definition) is 0. The van der Waals surface area contributed by atoms with E-state index in [0.717, 1.165) is 0 Å². The average Bonchev–Trinajstić information content (AvgIpc) is 3.64. The third-order valence-electron chi connectivity index (χ3n) is 14.6. The summed E-state index contributed by atoms with van der Waals surface area (Å²) in [4.78, 5) is 8.01. The van der Waals surface area contributed by atoms with Gasteiger partial charge in [0, 0.05) is 0 Å². The van der Waals surface area contributed by atoms with Gasteiger partial charge in [-0.05, 0) is 0 Å². The predicted octanol–water partition coefficient (Wildman–Crippen LogP) is 12.7. The fourth-order valence-electron chi connectivity index (χ4n) is 12.3. The van der Waals surface area contributed by atoms with Crippen molar-refractivity contribution >= 4 is 77.6 Å². The van der Waals surface area contributed by atoms with Crippen LogP contribution in [0, 0.1) is 0 Å². The van der Waals surface area contributed by atoms with Crippen LogP contribution < -0.4 is 27.9 Å². The molecule has 3 nitrogen and oxygen atoms in total. The van der Waals surface area contributed by atoms with Gasteiger partial charge in [-0.25, -0.2) is 0 Å². The van der Waals surface area contributed by atoms with E-state index in [-0.39, 0.29) is 10.8 Å². The van der Waals surface area contributed by atoms with Crippen LogP contribution in [0.5, 0.6) is 0 Å². The van der Waals surface area contributed by atoms with E-state index < -0.39 is 13.3 Å². The van der Waals surface area contributed by atoms with Crippen molar-refractivity contribution in [1.82, 2.24) is 0 Å². The third-order valence-corrected chi connectivity index (χ3v) is 24.0. The van der Waals surface area contributed by atoms with Crippen LogP contribution in [0.15, 0.2) is 170 Å². The summed E-state index contributed by atoms with van der Waals surface area (Å²) < 4.78 is 4.66. The Morgan fingerprint density at radius 1 is 0.356 bits per heavy atom. The summed E-state index contributed by atoms with van der Waals surface area (Å²) in [6.07, 6.45) is 0. The molecular weight excluding hydrogens is 775 g/mol. The van der Waals surface area contributed by atoms with Gasteiger partial charge in [-0.1, -0.05) is 0 Å². The van der Waals surface area contributed by atoms with E-state index in [1.807, 2.05) is 0 Å². The van der Waals surface area contributed by atoms with Crippen molar-refractivity contribution in [3.63, 3.8) is 0 Å². The summed E-state index contributed by atoms with van der Waals surface area (Å²) in [7, 11) is 0. The van der Waals surface area contributed by atoms with Gasteiger partial charge in [0.2, 0.25) is 0 Å². The van der Waals surface area contributed by atoms with Crippen molar-refractivity contribution in [1.29, 1.82) is 0 Å². The molecule has 4 heteroatoms. The number of fused-ring (bicyclic) bond motifs is 8. The van der Waals surface area contributed by atoms with Gasteiger partial charge in [-0.2, -0.15) is 0 Å². The molecule has 0 unspecified atom stereocenters. The van der Waals surface area contributed by atoms with Gasteiger partial charge in [-0.15, -0.1) is 0 Å². The van der Waals surface area contributed by atoms with Crippen LogP contribution in [0.4, 0.5) is 51.2 Å². The zero-order valence-corrected chi connectivity index (χ0v) is 36.1. The summed E-state index contributed by atoms with van der Waals surface area (Å²) in [5.74, 6) is 2.75. The molecule has 0 saturated carbocycles. The molecule has 0 aromatic heterocycles. The van der Waals surface area contributed by atoms with Crippen molar-refractivity contribution in [2.45, 2.75) is 44.3 Å². The van der Waals surface area contributed by atoms with E-state index >= 15 is 0 Å².